The third-order valence-corrected chi connectivity index (χ3v) is 7.35. The van der Waals surface area contributed by atoms with E-state index in [0.29, 0.717) is 29.4 Å². The highest BCUT2D eigenvalue weighted by atomic mass is 35.5. The van der Waals surface area contributed by atoms with Gasteiger partial charge in [-0.15, -0.1) is 0 Å². The van der Waals surface area contributed by atoms with Crippen LogP contribution in [0.25, 0.3) is 5.70 Å². The summed E-state index contributed by atoms with van der Waals surface area (Å²) in [6.45, 7) is 4.16. The third kappa shape index (κ3) is 3.63. The first-order valence-corrected chi connectivity index (χ1v) is 10.7. The molecule has 2 saturated heterocycles. The van der Waals surface area contributed by atoms with E-state index in [1.54, 1.807) is 13.0 Å². The fourth-order valence-electron chi connectivity index (χ4n) is 3.51. The van der Waals surface area contributed by atoms with E-state index < -0.39 is 10.0 Å². The summed E-state index contributed by atoms with van der Waals surface area (Å²) in [5.41, 5.74) is 0.881. The van der Waals surface area contributed by atoms with Crippen molar-refractivity contribution in [3.63, 3.8) is 0 Å². The van der Waals surface area contributed by atoms with E-state index in [0.717, 1.165) is 38.8 Å². The molecule has 0 aromatic heterocycles. The number of hydrogen-bond donors (Lipinski definition) is 1. The van der Waals surface area contributed by atoms with Gasteiger partial charge in [0.05, 0.1) is 15.6 Å². The van der Waals surface area contributed by atoms with Crippen molar-refractivity contribution < 1.29 is 13.5 Å². The minimum Gasteiger partial charge on any atom is -0.506 e. The van der Waals surface area contributed by atoms with E-state index in [-0.39, 0.29) is 15.7 Å². The van der Waals surface area contributed by atoms with Gasteiger partial charge in [-0.05, 0) is 44.7 Å². The van der Waals surface area contributed by atoms with Gasteiger partial charge >= 0.3 is 0 Å². The van der Waals surface area contributed by atoms with Crippen molar-refractivity contribution >= 4 is 38.9 Å². The SMILES string of the molecule is C/C(=C(\c1cc(Cl)cc(Cl)c1O)N1CCCC1)S(=O)(=O)N1CCCC1. The first-order chi connectivity index (χ1) is 11.8. The molecule has 1 aromatic rings. The molecule has 2 fully saturated rings. The monoisotopic (exact) mass is 404 g/mol. The van der Waals surface area contributed by atoms with Crippen LogP contribution in [0.15, 0.2) is 17.0 Å². The molecule has 0 aliphatic carbocycles. The molecule has 0 amide bonds. The molecule has 138 valence electrons. The Hall–Kier alpha value is -0.950. The molecule has 1 aromatic carbocycles. The summed E-state index contributed by atoms with van der Waals surface area (Å²) in [7, 11) is -3.59. The largest absolute Gasteiger partial charge is 0.506 e. The number of phenolic OH excluding ortho intramolecular Hbond substituents is 1. The number of allylic oxidation sites excluding steroid dienone is 1. The number of nitrogens with zero attached hydrogens (tertiary/aromatic N) is 2. The summed E-state index contributed by atoms with van der Waals surface area (Å²) in [6, 6.07) is 3.03. The molecular formula is C17H22Cl2N2O3S. The van der Waals surface area contributed by atoms with Crippen molar-refractivity contribution in [2.24, 2.45) is 0 Å². The standard InChI is InChI=1S/C17H22Cl2N2O3S/c1-12(25(23,24)21-8-4-5-9-21)16(20-6-2-3-7-20)14-10-13(18)11-15(19)17(14)22/h10-11,22H,2-9H2,1H3/b16-12-. The molecule has 0 unspecified atom stereocenters. The lowest BCUT2D eigenvalue weighted by atomic mass is 10.1. The zero-order valence-electron chi connectivity index (χ0n) is 14.1. The number of rotatable bonds is 4. The summed E-state index contributed by atoms with van der Waals surface area (Å²) < 4.78 is 27.7. The fourth-order valence-corrected chi connectivity index (χ4v) is 5.62. The van der Waals surface area contributed by atoms with Crippen molar-refractivity contribution in [1.82, 2.24) is 9.21 Å². The van der Waals surface area contributed by atoms with Gasteiger partial charge in [0.2, 0.25) is 10.0 Å². The van der Waals surface area contributed by atoms with Crippen LogP contribution in [0.2, 0.25) is 10.0 Å². The summed E-state index contributed by atoms with van der Waals surface area (Å²) >= 11 is 12.2. The minimum atomic E-state index is -3.59. The highest BCUT2D eigenvalue weighted by Gasteiger charge is 2.32. The van der Waals surface area contributed by atoms with E-state index in [9.17, 15) is 13.5 Å². The third-order valence-electron chi connectivity index (χ3n) is 4.83. The van der Waals surface area contributed by atoms with Gasteiger partial charge < -0.3 is 10.0 Å². The molecule has 0 radical (unpaired) electrons. The lowest BCUT2D eigenvalue weighted by Crippen LogP contribution is -2.31. The average molecular weight is 405 g/mol. The maximum absolute atomic E-state index is 13.1. The van der Waals surface area contributed by atoms with Gasteiger partial charge in [0.25, 0.3) is 0 Å². The lowest BCUT2D eigenvalue weighted by molar-refractivity contribution is 0.457. The van der Waals surface area contributed by atoms with Crippen LogP contribution < -0.4 is 0 Å². The zero-order valence-corrected chi connectivity index (χ0v) is 16.5. The highest BCUT2D eigenvalue weighted by molar-refractivity contribution is 7.93. The second-order valence-corrected chi connectivity index (χ2v) is 9.42. The van der Waals surface area contributed by atoms with E-state index in [4.69, 9.17) is 23.2 Å². The molecule has 5 nitrogen and oxygen atoms in total. The Bertz CT molecular complexity index is 796. The number of hydrogen-bond acceptors (Lipinski definition) is 4. The van der Waals surface area contributed by atoms with Crippen molar-refractivity contribution in [3.05, 3.63) is 32.6 Å². The maximum Gasteiger partial charge on any atom is 0.240 e. The lowest BCUT2D eigenvalue weighted by Gasteiger charge is -2.27. The Morgan fingerprint density at radius 2 is 1.60 bits per heavy atom. The number of halogens is 2. The average Bonchev–Trinajstić information content (AvgIpc) is 3.25. The zero-order chi connectivity index (χ0) is 18.2. The van der Waals surface area contributed by atoms with E-state index in [1.807, 2.05) is 4.90 Å². The number of likely N-dealkylation sites (tertiary alicyclic amines) is 1. The van der Waals surface area contributed by atoms with Gasteiger partial charge in [0.15, 0.2) is 0 Å². The fraction of sp³-hybridized carbons (Fsp3) is 0.529. The van der Waals surface area contributed by atoms with Crippen molar-refractivity contribution in [2.75, 3.05) is 26.2 Å². The normalized spacial score (nSPS) is 20.2. The molecule has 0 atom stereocenters. The summed E-state index contributed by atoms with van der Waals surface area (Å²) in [5, 5.41) is 11.0. The van der Waals surface area contributed by atoms with E-state index in [2.05, 4.69) is 0 Å². The summed E-state index contributed by atoms with van der Waals surface area (Å²) in [5.74, 6) is -0.135. The highest BCUT2D eigenvalue weighted by Crippen LogP contribution is 2.40. The van der Waals surface area contributed by atoms with E-state index in [1.165, 1.54) is 10.4 Å². The Kier molecular flexibility index (Phi) is 5.54. The quantitative estimate of drug-likeness (QED) is 0.825. The van der Waals surface area contributed by atoms with Gasteiger partial charge in [-0.1, -0.05) is 23.2 Å². The van der Waals surface area contributed by atoms with Crippen LogP contribution in [-0.2, 0) is 10.0 Å². The van der Waals surface area contributed by atoms with Crippen molar-refractivity contribution in [3.8, 4) is 5.75 Å². The number of benzene rings is 1. The number of sulfonamides is 1. The van der Waals surface area contributed by atoms with Crippen LogP contribution in [0.5, 0.6) is 5.75 Å². The van der Waals surface area contributed by atoms with Crippen LogP contribution in [0.3, 0.4) is 0 Å². The molecule has 3 rings (SSSR count). The maximum atomic E-state index is 13.1. The second kappa shape index (κ2) is 7.35. The predicted octanol–water partition coefficient (Wildman–Crippen LogP) is 3.91. The Morgan fingerprint density at radius 3 is 2.20 bits per heavy atom. The molecule has 0 saturated carbocycles. The summed E-state index contributed by atoms with van der Waals surface area (Å²) in [4.78, 5) is 2.25. The number of aromatic hydroxyl groups is 1. The van der Waals surface area contributed by atoms with Crippen LogP contribution >= 0.6 is 23.2 Å². The molecule has 8 heteroatoms. The minimum absolute atomic E-state index is 0.116. The Labute approximate surface area is 158 Å². The van der Waals surface area contributed by atoms with Gasteiger partial charge in [-0.25, -0.2) is 8.42 Å². The summed E-state index contributed by atoms with van der Waals surface area (Å²) in [6.07, 6.45) is 3.71. The molecule has 1 N–H and O–H groups in total. The van der Waals surface area contributed by atoms with Crippen LogP contribution in [0.4, 0.5) is 0 Å². The topological polar surface area (TPSA) is 60.9 Å². The van der Waals surface area contributed by atoms with Crippen molar-refractivity contribution in [1.29, 1.82) is 0 Å². The Balaban J connectivity index is 2.18. The molecule has 2 aliphatic rings. The second-order valence-electron chi connectivity index (χ2n) is 6.49. The predicted molar refractivity (Wildman–Crippen MR) is 101 cm³/mol. The molecular weight excluding hydrogens is 383 g/mol. The van der Waals surface area contributed by atoms with Gasteiger partial charge in [0.1, 0.15) is 5.75 Å². The van der Waals surface area contributed by atoms with E-state index >= 15 is 0 Å². The smallest absolute Gasteiger partial charge is 0.240 e. The molecule has 0 bridgehead atoms. The van der Waals surface area contributed by atoms with Crippen LogP contribution in [0, 0.1) is 0 Å². The van der Waals surface area contributed by atoms with Crippen LogP contribution in [-0.4, -0.2) is 48.9 Å². The molecule has 2 heterocycles. The Morgan fingerprint density at radius 1 is 1.04 bits per heavy atom. The first-order valence-electron chi connectivity index (χ1n) is 8.46. The van der Waals surface area contributed by atoms with Crippen LogP contribution in [0.1, 0.15) is 38.2 Å². The molecule has 2 aliphatic heterocycles. The van der Waals surface area contributed by atoms with Crippen molar-refractivity contribution in [2.45, 2.75) is 32.6 Å². The molecule has 0 spiro atoms. The molecule has 25 heavy (non-hydrogen) atoms. The van der Waals surface area contributed by atoms with Gasteiger partial charge in [0, 0.05) is 36.8 Å². The van der Waals surface area contributed by atoms with Gasteiger partial charge in [-0.3, -0.25) is 0 Å². The number of phenols is 1. The van der Waals surface area contributed by atoms with Gasteiger partial charge in [-0.2, -0.15) is 4.31 Å². The first kappa shape index (κ1) is 18.8.